The van der Waals surface area contributed by atoms with Crippen LogP contribution in [0.5, 0.6) is 0 Å². The summed E-state index contributed by atoms with van der Waals surface area (Å²) in [7, 11) is 1.71. The van der Waals surface area contributed by atoms with Crippen molar-refractivity contribution in [2.24, 2.45) is 0 Å². The van der Waals surface area contributed by atoms with Crippen molar-refractivity contribution in [2.45, 2.75) is 33.2 Å². The fourth-order valence-electron chi connectivity index (χ4n) is 1.92. The number of hydrogen-bond donors (Lipinski definition) is 1. The molecular weight excluding hydrogens is 262 g/mol. The molecule has 0 radical (unpaired) electrons. The molecule has 108 valence electrons. The van der Waals surface area contributed by atoms with Gasteiger partial charge in [0.2, 0.25) is 0 Å². The number of allylic oxidation sites excluding steroid dienone is 1. The van der Waals surface area contributed by atoms with Crippen molar-refractivity contribution in [2.75, 3.05) is 26.8 Å². The van der Waals surface area contributed by atoms with Gasteiger partial charge in [0.25, 0.3) is 0 Å². The molecule has 0 aliphatic rings. The Labute approximate surface area is 120 Å². The molecule has 5 heteroatoms. The lowest BCUT2D eigenvalue weighted by Crippen LogP contribution is -2.19. The van der Waals surface area contributed by atoms with E-state index in [2.05, 4.69) is 30.3 Å². The lowest BCUT2D eigenvalue weighted by atomic mass is 10.1. The monoisotopic (exact) mass is 285 g/mol. The molecule has 19 heavy (non-hydrogen) atoms. The zero-order valence-corrected chi connectivity index (χ0v) is 12.8. The minimum atomic E-state index is 0.731. The number of methoxy groups -OCH3 is 1. The first-order valence-electron chi connectivity index (χ1n) is 6.78. The maximum Gasteiger partial charge on any atom is 0.0862 e. The molecule has 1 heterocycles. The molecule has 0 unspecified atom stereocenters. The highest BCUT2D eigenvalue weighted by Gasteiger charge is 2.09. The molecule has 0 amide bonds. The van der Waals surface area contributed by atoms with Crippen LogP contribution in [0.3, 0.4) is 0 Å². The van der Waals surface area contributed by atoms with E-state index in [0.29, 0.717) is 0 Å². The van der Waals surface area contributed by atoms with Crippen molar-refractivity contribution in [1.82, 2.24) is 15.1 Å². The molecule has 0 aromatic carbocycles. The number of aromatic nitrogens is 2. The van der Waals surface area contributed by atoms with Gasteiger partial charge in [-0.15, -0.1) is 0 Å². The summed E-state index contributed by atoms with van der Waals surface area (Å²) in [4.78, 5) is 0. The summed E-state index contributed by atoms with van der Waals surface area (Å²) >= 11 is 6.20. The van der Waals surface area contributed by atoms with Crippen molar-refractivity contribution in [3.63, 3.8) is 0 Å². The highest BCUT2D eigenvalue weighted by atomic mass is 35.5. The van der Waals surface area contributed by atoms with Crippen molar-refractivity contribution in [3.05, 3.63) is 23.0 Å². The predicted octanol–water partition coefficient (Wildman–Crippen LogP) is 2.98. The van der Waals surface area contributed by atoms with E-state index in [1.54, 1.807) is 13.3 Å². The number of hydrogen-bond acceptors (Lipinski definition) is 3. The van der Waals surface area contributed by atoms with Gasteiger partial charge in [-0.05, 0) is 31.9 Å². The summed E-state index contributed by atoms with van der Waals surface area (Å²) in [6, 6.07) is 0. The maximum absolute atomic E-state index is 6.20. The van der Waals surface area contributed by atoms with E-state index in [1.807, 2.05) is 4.68 Å². The Kier molecular flexibility index (Phi) is 7.79. The molecule has 0 saturated heterocycles. The highest BCUT2D eigenvalue weighted by molar-refractivity contribution is 6.32. The smallest absolute Gasteiger partial charge is 0.0862 e. The molecule has 1 aromatic heterocycles. The maximum atomic E-state index is 6.20. The Morgan fingerprint density at radius 1 is 1.53 bits per heavy atom. The van der Waals surface area contributed by atoms with Gasteiger partial charge in [-0.1, -0.05) is 24.6 Å². The van der Waals surface area contributed by atoms with E-state index in [1.165, 1.54) is 5.57 Å². The van der Waals surface area contributed by atoms with Crippen molar-refractivity contribution >= 4 is 17.2 Å². The van der Waals surface area contributed by atoms with Crippen LogP contribution in [0.1, 0.15) is 32.4 Å². The zero-order valence-electron chi connectivity index (χ0n) is 12.1. The van der Waals surface area contributed by atoms with Gasteiger partial charge in [-0.2, -0.15) is 5.10 Å². The van der Waals surface area contributed by atoms with Crippen LogP contribution in [0, 0.1) is 0 Å². The fourth-order valence-corrected chi connectivity index (χ4v) is 2.21. The van der Waals surface area contributed by atoms with Gasteiger partial charge in [0, 0.05) is 20.2 Å². The van der Waals surface area contributed by atoms with Crippen LogP contribution < -0.4 is 5.32 Å². The second-order valence-corrected chi connectivity index (χ2v) is 4.89. The van der Waals surface area contributed by atoms with Crippen LogP contribution in [0.15, 0.2) is 12.3 Å². The third-order valence-electron chi connectivity index (χ3n) is 2.86. The lowest BCUT2D eigenvalue weighted by Gasteiger charge is -2.07. The standard InChI is InChI=1S/C14H24ClN3O/c1-4-9-18-14(13(15)11-17-18)12(2)6-5-7-16-8-10-19-3/h6,11,16H,4-5,7-10H2,1-3H3. The Bertz CT molecular complexity index is 401. The Balaban J connectivity index is 2.51. The number of ether oxygens (including phenoxy) is 1. The molecule has 0 atom stereocenters. The molecule has 1 aromatic rings. The Morgan fingerprint density at radius 2 is 2.32 bits per heavy atom. The number of rotatable bonds is 9. The summed E-state index contributed by atoms with van der Waals surface area (Å²) in [5.41, 5.74) is 2.23. The predicted molar refractivity (Wildman–Crippen MR) is 80.5 cm³/mol. The van der Waals surface area contributed by atoms with Crippen LogP contribution in [-0.4, -0.2) is 36.6 Å². The van der Waals surface area contributed by atoms with Crippen molar-refractivity contribution < 1.29 is 4.74 Å². The molecule has 0 aliphatic carbocycles. The largest absolute Gasteiger partial charge is 0.383 e. The van der Waals surface area contributed by atoms with E-state index in [-0.39, 0.29) is 0 Å². The van der Waals surface area contributed by atoms with Gasteiger partial charge in [0.1, 0.15) is 0 Å². The van der Waals surface area contributed by atoms with Crippen LogP contribution in [-0.2, 0) is 11.3 Å². The Morgan fingerprint density at radius 3 is 3.00 bits per heavy atom. The first-order valence-corrected chi connectivity index (χ1v) is 7.16. The molecule has 0 aliphatic heterocycles. The van der Waals surface area contributed by atoms with Crippen molar-refractivity contribution in [1.29, 1.82) is 0 Å². The number of halogens is 1. The molecule has 1 N–H and O–H groups in total. The third-order valence-corrected chi connectivity index (χ3v) is 3.13. The molecule has 0 fully saturated rings. The fraction of sp³-hybridized carbons (Fsp3) is 0.643. The summed E-state index contributed by atoms with van der Waals surface area (Å²) in [5, 5.41) is 8.35. The molecular formula is C14H24ClN3O. The van der Waals surface area contributed by atoms with Crippen LogP contribution in [0.25, 0.3) is 5.57 Å². The summed E-state index contributed by atoms with van der Waals surface area (Å²) in [6.45, 7) is 7.71. The zero-order chi connectivity index (χ0) is 14.1. The summed E-state index contributed by atoms with van der Waals surface area (Å²) < 4.78 is 6.96. The third kappa shape index (κ3) is 5.35. The highest BCUT2D eigenvalue weighted by Crippen LogP contribution is 2.23. The topological polar surface area (TPSA) is 39.1 Å². The average molecular weight is 286 g/mol. The van der Waals surface area contributed by atoms with Crippen LogP contribution >= 0.6 is 11.6 Å². The molecule has 0 saturated carbocycles. The van der Waals surface area contributed by atoms with Crippen molar-refractivity contribution in [3.8, 4) is 0 Å². The number of aryl methyl sites for hydroxylation is 1. The molecule has 0 bridgehead atoms. The lowest BCUT2D eigenvalue weighted by molar-refractivity contribution is 0.199. The van der Waals surface area contributed by atoms with E-state index >= 15 is 0 Å². The summed E-state index contributed by atoms with van der Waals surface area (Å²) in [6.07, 6.45) is 5.95. The minimum absolute atomic E-state index is 0.731. The van der Waals surface area contributed by atoms with Gasteiger partial charge in [-0.3, -0.25) is 4.68 Å². The second-order valence-electron chi connectivity index (χ2n) is 4.48. The first-order chi connectivity index (χ1) is 9.20. The minimum Gasteiger partial charge on any atom is -0.383 e. The van der Waals surface area contributed by atoms with E-state index in [9.17, 15) is 0 Å². The van der Waals surface area contributed by atoms with E-state index < -0.39 is 0 Å². The van der Waals surface area contributed by atoms with Gasteiger partial charge in [0.15, 0.2) is 0 Å². The van der Waals surface area contributed by atoms with Crippen LogP contribution in [0.2, 0.25) is 5.02 Å². The van der Waals surface area contributed by atoms with Gasteiger partial charge in [-0.25, -0.2) is 0 Å². The average Bonchev–Trinajstić information content (AvgIpc) is 2.75. The molecule has 4 nitrogen and oxygen atoms in total. The first kappa shape index (κ1) is 16.2. The van der Waals surface area contributed by atoms with Gasteiger partial charge < -0.3 is 10.1 Å². The summed E-state index contributed by atoms with van der Waals surface area (Å²) in [5.74, 6) is 0. The van der Waals surface area contributed by atoms with Crippen LogP contribution in [0.4, 0.5) is 0 Å². The van der Waals surface area contributed by atoms with Gasteiger partial charge >= 0.3 is 0 Å². The normalized spacial score (nSPS) is 12.1. The SMILES string of the molecule is CCCn1ncc(Cl)c1C(C)=CCCNCCOC. The number of nitrogens with one attached hydrogen (secondary N) is 1. The van der Waals surface area contributed by atoms with Gasteiger partial charge in [0.05, 0.1) is 23.5 Å². The number of nitrogens with zero attached hydrogens (tertiary/aromatic N) is 2. The quantitative estimate of drug-likeness (QED) is 0.709. The van der Waals surface area contributed by atoms with E-state index in [0.717, 1.165) is 49.8 Å². The Hall–Kier alpha value is -0.840. The van der Waals surface area contributed by atoms with E-state index in [4.69, 9.17) is 16.3 Å². The molecule has 0 spiro atoms. The second kappa shape index (κ2) is 9.13. The molecule has 1 rings (SSSR count).